The maximum Gasteiger partial charge on any atom is 0.238 e. The van der Waals surface area contributed by atoms with Crippen LogP contribution in [0.4, 0.5) is 0 Å². The van der Waals surface area contributed by atoms with E-state index in [4.69, 9.17) is 5.14 Å². The number of primary sulfonamides is 1. The highest BCUT2D eigenvalue weighted by molar-refractivity contribution is 7.89. The highest BCUT2D eigenvalue weighted by atomic mass is 32.2. The molecule has 134 valence electrons. The largest absolute Gasteiger partial charge is 0.387 e. The van der Waals surface area contributed by atoms with E-state index in [-0.39, 0.29) is 10.9 Å². The molecule has 1 aromatic rings. The van der Waals surface area contributed by atoms with Gasteiger partial charge in [-0.3, -0.25) is 4.90 Å². The molecule has 0 amide bonds. The molecule has 2 aliphatic heterocycles. The molecule has 0 unspecified atom stereocenters. The molecule has 2 heterocycles. The second-order valence-corrected chi connectivity index (χ2v) is 8.61. The zero-order valence-electron chi connectivity index (χ0n) is 13.9. The van der Waals surface area contributed by atoms with Crippen molar-refractivity contribution in [3.05, 3.63) is 29.8 Å². The van der Waals surface area contributed by atoms with Crippen molar-refractivity contribution in [3.63, 3.8) is 0 Å². The molecular formula is C17H27N3O3S. The van der Waals surface area contributed by atoms with Crippen molar-refractivity contribution in [2.45, 2.75) is 55.2 Å². The molecule has 0 aliphatic carbocycles. The van der Waals surface area contributed by atoms with E-state index in [0.717, 1.165) is 37.9 Å². The van der Waals surface area contributed by atoms with E-state index >= 15 is 0 Å². The van der Waals surface area contributed by atoms with Gasteiger partial charge in [-0.25, -0.2) is 13.6 Å². The van der Waals surface area contributed by atoms with Gasteiger partial charge in [0.05, 0.1) is 10.5 Å². The number of fused-ring (bicyclic) bond motifs is 1. The summed E-state index contributed by atoms with van der Waals surface area (Å²) in [7, 11) is -3.65. The molecule has 6 nitrogen and oxygen atoms in total. The molecule has 4 N–H and O–H groups in total. The van der Waals surface area contributed by atoms with Gasteiger partial charge < -0.3 is 10.4 Å². The normalized spacial score (nSPS) is 28.5. The number of sulfonamides is 1. The minimum absolute atomic E-state index is 0.120. The van der Waals surface area contributed by atoms with E-state index in [9.17, 15) is 13.5 Å². The maximum absolute atomic E-state index is 11.3. The van der Waals surface area contributed by atoms with Crippen LogP contribution in [-0.4, -0.2) is 49.7 Å². The molecule has 0 saturated carbocycles. The lowest BCUT2D eigenvalue weighted by Gasteiger charge is -2.49. The monoisotopic (exact) mass is 353 g/mol. The molecule has 1 aromatic carbocycles. The molecule has 2 saturated heterocycles. The van der Waals surface area contributed by atoms with Crippen molar-refractivity contribution < 1.29 is 13.5 Å². The number of piperidine rings is 2. The molecule has 2 atom stereocenters. The lowest BCUT2D eigenvalue weighted by atomic mass is 9.79. The first-order chi connectivity index (χ1) is 11.4. The smallest absolute Gasteiger partial charge is 0.238 e. The molecule has 3 rings (SSSR count). The Morgan fingerprint density at radius 2 is 1.92 bits per heavy atom. The van der Waals surface area contributed by atoms with E-state index in [1.54, 1.807) is 12.1 Å². The van der Waals surface area contributed by atoms with Crippen molar-refractivity contribution in [1.29, 1.82) is 0 Å². The standard InChI is InChI=1S/C17H27N3O3S/c18-24(22,23)15-7-5-14(6-8-15)12-19-13-17(21)9-3-11-20-10-2-1-4-16(17)20/h5-8,16,19,21H,1-4,9-13H2,(H2,18,22,23)/t16-,17-/m1/s1. The predicted octanol–water partition coefficient (Wildman–Crippen LogP) is 0.803. The molecule has 2 aliphatic rings. The first kappa shape index (κ1) is 17.8. The van der Waals surface area contributed by atoms with Gasteiger partial charge in [-0.1, -0.05) is 18.6 Å². The Balaban J connectivity index is 1.57. The molecule has 0 spiro atoms. The van der Waals surface area contributed by atoms with Gasteiger partial charge in [-0.05, 0) is 56.5 Å². The van der Waals surface area contributed by atoms with Gasteiger partial charge in [0, 0.05) is 19.1 Å². The fourth-order valence-electron chi connectivity index (χ4n) is 4.05. The third-order valence-electron chi connectivity index (χ3n) is 5.30. The van der Waals surface area contributed by atoms with Crippen LogP contribution in [0.3, 0.4) is 0 Å². The SMILES string of the molecule is NS(=O)(=O)c1ccc(CNC[C@]2(O)CCCN3CCCC[C@@H]32)cc1. The van der Waals surface area contributed by atoms with Crippen LogP contribution in [0.15, 0.2) is 29.2 Å². The average Bonchev–Trinajstić information content (AvgIpc) is 2.55. The summed E-state index contributed by atoms with van der Waals surface area (Å²) < 4.78 is 22.5. The Labute approximate surface area is 144 Å². The molecular weight excluding hydrogens is 326 g/mol. The Kier molecular flexibility index (Phi) is 5.27. The maximum atomic E-state index is 11.3. The van der Waals surface area contributed by atoms with E-state index in [0.29, 0.717) is 13.1 Å². The van der Waals surface area contributed by atoms with Crippen molar-refractivity contribution in [2.24, 2.45) is 5.14 Å². The molecule has 24 heavy (non-hydrogen) atoms. The lowest BCUT2D eigenvalue weighted by molar-refractivity contribution is -0.0919. The third-order valence-corrected chi connectivity index (χ3v) is 6.23. The number of hydrogen-bond donors (Lipinski definition) is 3. The van der Waals surface area contributed by atoms with E-state index in [2.05, 4.69) is 10.2 Å². The summed E-state index contributed by atoms with van der Waals surface area (Å²) in [6, 6.07) is 6.81. The molecule has 0 aromatic heterocycles. The van der Waals surface area contributed by atoms with Gasteiger partial charge >= 0.3 is 0 Å². The summed E-state index contributed by atoms with van der Waals surface area (Å²) in [5.41, 5.74) is 0.307. The summed E-state index contributed by atoms with van der Waals surface area (Å²) >= 11 is 0. The number of nitrogens with one attached hydrogen (secondary N) is 1. The summed E-state index contributed by atoms with van der Waals surface area (Å²) in [6.07, 6.45) is 5.37. The Bertz CT molecular complexity index is 660. The number of benzene rings is 1. The van der Waals surface area contributed by atoms with Crippen LogP contribution in [0.5, 0.6) is 0 Å². The molecule has 0 radical (unpaired) electrons. The quantitative estimate of drug-likeness (QED) is 0.728. The van der Waals surface area contributed by atoms with E-state index in [1.165, 1.54) is 25.0 Å². The second kappa shape index (κ2) is 7.09. The van der Waals surface area contributed by atoms with Gasteiger partial charge in [0.15, 0.2) is 0 Å². The topological polar surface area (TPSA) is 95.7 Å². The highest BCUT2D eigenvalue weighted by Gasteiger charge is 2.43. The van der Waals surface area contributed by atoms with Gasteiger partial charge in [-0.15, -0.1) is 0 Å². The van der Waals surface area contributed by atoms with Crippen molar-refractivity contribution >= 4 is 10.0 Å². The van der Waals surface area contributed by atoms with Crippen LogP contribution >= 0.6 is 0 Å². The van der Waals surface area contributed by atoms with Crippen LogP contribution in [0.2, 0.25) is 0 Å². The van der Waals surface area contributed by atoms with Crippen LogP contribution in [0, 0.1) is 0 Å². The number of hydrogen-bond acceptors (Lipinski definition) is 5. The fourth-order valence-corrected chi connectivity index (χ4v) is 4.56. The van der Waals surface area contributed by atoms with Crippen molar-refractivity contribution in [3.8, 4) is 0 Å². The summed E-state index contributed by atoms with van der Waals surface area (Å²) in [4.78, 5) is 2.56. The molecule has 2 fully saturated rings. The van der Waals surface area contributed by atoms with Gasteiger partial charge in [0.1, 0.15) is 0 Å². The Morgan fingerprint density at radius 3 is 2.62 bits per heavy atom. The average molecular weight is 353 g/mol. The number of rotatable bonds is 5. The van der Waals surface area contributed by atoms with Crippen LogP contribution in [0.1, 0.15) is 37.7 Å². The first-order valence-electron chi connectivity index (χ1n) is 8.67. The first-order valence-corrected chi connectivity index (χ1v) is 10.2. The molecule has 0 bridgehead atoms. The summed E-state index contributed by atoms with van der Waals surface area (Å²) in [6.45, 7) is 3.36. The summed E-state index contributed by atoms with van der Waals surface area (Å²) in [5, 5.41) is 19.5. The van der Waals surface area contributed by atoms with Gasteiger partial charge in [0.25, 0.3) is 0 Å². The molecule has 7 heteroatoms. The Morgan fingerprint density at radius 1 is 1.21 bits per heavy atom. The van der Waals surface area contributed by atoms with Crippen LogP contribution in [0.25, 0.3) is 0 Å². The highest BCUT2D eigenvalue weighted by Crippen LogP contribution is 2.33. The van der Waals surface area contributed by atoms with Crippen molar-refractivity contribution in [1.82, 2.24) is 10.2 Å². The number of nitrogens with zero attached hydrogens (tertiary/aromatic N) is 1. The summed E-state index contributed by atoms with van der Waals surface area (Å²) in [5.74, 6) is 0. The Hall–Kier alpha value is -0.990. The number of nitrogens with two attached hydrogens (primary N) is 1. The van der Waals surface area contributed by atoms with Crippen molar-refractivity contribution in [2.75, 3.05) is 19.6 Å². The minimum Gasteiger partial charge on any atom is -0.387 e. The van der Waals surface area contributed by atoms with E-state index < -0.39 is 15.6 Å². The zero-order chi connectivity index (χ0) is 17.2. The van der Waals surface area contributed by atoms with E-state index in [1.807, 2.05) is 0 Å². The predicted molar refractivity (Wildman–Crippen MR) is 92.9 cm³/mol. The number of aliphatic hydroxyl groups is 1. The third kappa shape index (κ3) is 3.97. The van der Waals surface area contributed by atoms with Gasteiger partial charge in [-0.2, -0.15) is 0 Å². The van der Waals surface area contributed by atoms with Crippen LogP contribution < -0.4 is 10.5 Å². The second-order valence-electron chi connectivity index (χ2n) is 7.05. The lowest BCUT2D eigenvalue weighted by Crippen LogP contribution is -2.62. The minimum atomic E-state index is -3.65. The fraction of sp³-hybridized carbons (Fsp3) is 0.647. The van der Waals surface area contributed by atoms with Crippen LogP contribution in [-0.2, 0) is 16.6 Å². The van der Waals surface area contributed by atoms with Gasteiger partial charge in [0.2, 0.25) is 10.0 Å². The zero-order valence-corrected chi connectivity index (χ0v) is 14.8.